The van der Waals surface area contributed by atoms with Crippen molar-refractivity contribution in [1.82, 2.24) is 4.98 Å². The predicted molar refractivity (Wildman–Crippen MR) is 71.6 cm³/mol. The number of aldehydes is 1. The van der Waals surface area contributed by atoms with Crippen LogP contribution in [0.5, 0.6) is 0 Å². The van der Waals surface area contributed by atoms with Gasteiger partial charge in [0.05, 0.1) is 10.5 Å². The van der Waals surface area contributed by atoms with E-state index in [9.17, 15) is 14.9 Å². The van der Waals surface area contributed by atoms with Gasteiger partial charge in [0, 0.05) is 28.8 Å². The summed E-state index contributed by atoms with van der Waals surface area (Å²) in [6.07, 6.45) is 2.00. The molecule has 2 rings (SSSR count). The van der Waals surface area contributed by atoms with Gasteiger partial charge in [-0.25, -0.2) is 4.98 Å². The number of hydrogen-bond acceptors (Lipinski definition) is 6. The molecule has 0 unspecified atom stereocenters. The number of aromatic nitrogens is 1. The number of rotatable bonds is 4. The van der Waals surface area contributed by atoms with Gasteiger partial charge < -0.3 is 0 Å². The van der Waals surface area contributed by atoms with Crippen LogP contribution in [0.2, 0.25) is 0 Å². The normalized spacial score (nSPS) is 9.75. The predicted octanol–water partition coefficient (Wildman–Crippen LogP) is 2.83. The summed E-state index contributed by atoms with van der Waals surface area (Å²) in [5.41, 5.74) is 0.617. The van der Waals surface area contributed by atoms with Crippen LogP contribution >= 0.6 is 11.8 Å². The summed E-state index contributed by atoms with van der Waals surface area (Å²) in [7, 11) is 0. The van der Waals surface area contributed by atoms with Crippen molar-refractivity contribution in [3.8, 4) is 6.07 Å². The molecule has 0 radical (unpaired) electrons. The van der Waals surface area contributed by atoms with Crippen LogP contribution in [0.25, 0.3) is 0 Å². The van der Waals surface area contributed by atoms with Gasteiger partial charge in [0.2, 0.25) is 0 Å². The molecular formula is C13H7N3O3S. The highest BCUT2D eigenvalue weighted by Crippen LogP contribution is 2.29. The van der Waals surface area contributed by atoms with Crippen LogP contribution in [0.1, 0.15) is 15.9 Å². The molecule has 0 aliphatic heterocycles. The van der Waals surface area contributed by atoms with Gasteiger partial charge in [0.15, 0.2) is 6.29 Å². The number of hydrogen-bond donors (Lipinski definition) is 0. The molecule has 1 aromatic heterocycles. The summed E-state index contributed by atoms with van der Waals surface area (Å²) < 4.78 is 0. The second kappa shape index (κ2) is 5.95. The number of nitro groups is 1. The zero-order valence-electron chi connectivity index (χ0n) is 10.0. The van der Waals surface area contributed by atoms with Crippen molar-refractivity contribution in [2.75, 3.05) is 0 Å². The van der Waals surface area contributed by atoms with E-state index in [1.165, 1.54) is 36.2 Å². The van der Waals surface area contributed by atoms with Crippen molar-refractivity contribution in [1.29, 1.82) is 5.26 Å². The molecule has 1 aromatic carbocycles. The maximum absolute atomic E-state index is 10.6. The summed E-state index contributed by atoms with van der Waals surface area (Å²) >= 11 is 1.21. The Hall–Kier alpha value is -2.72. The van der Waals surface area contributed by atoms with Gasteiger partial charge in [-0.15, -0.1) is 0 Å². The molecule has 2 aromatic rings. The number of nitrogens with zero attached hydrogens (tertiary/aromatic N) is 3. The first-order valence-corrected chi connectivity index (χ1v) is 6.23. The van der Waals surface area contributed by atoms with Gasteiger partial charge in [0.25, 0.3) is 5.69 Å². The molecule has 0 aliphatic carbocycles. The molecule has 0 N–H and O–H groups in total. The van der Waals surface area contributed by atoms with Crippen molar-refractivity contribution in [2.45, 2.75) is 9.92 Å². The van der Waals surface area contributed by atoms with Crippen molar-refractivity contribution in [2.24, 2.45) is 0 Å². The second-order valence-electron chi connectivity index (χ2n) is 3.70. The van der Waals surface area contributed by atoms with Gasteiger partial charge in [-0.3, -0.25) is 14.9 Å². The molecule has 98 valence electrons. The lowest BCUT2D eigenvalue weighted by molar-refractivity contribution is -0.384. The average Bonchev–Trinajstić information content (AvgIpc) is 2.48. The molecule has 1 heterocycles. The lowest BCUT2D eigenvalue weighted by Crippen LogP contribution is -1.91. The molecule has 6 nitrogen and oxygen atoms in total. The minimum absolute atomic E-state index is 0.000816. The molecule has 0 fully saturated rings. The van der Waals surface area contributed by atoms with Crippen LogP contribution in [0, 0.1) is 21.4 Å². The van der Waals surface area contributed by atoms with Crippen LogP contribution in [0.4, 0.5) is 5.69 Å². The molecule has 0 bridgehead atoms. The molecule has 0 spiro atoms. The third-order valence-electron chi connectivity index (χ3n) is 2.39. The van der Waals surface area contributed by atoms with E-state index in [0.29, 0.717) is 16.9 Å². The van der Waals surface area contributed by atoms with E-state index in [1.54, 1.807) is 12.1 Å². The lowest BCUT2D eigenvalue weighted by atomic mass is 10.2. The van der Waals surface area contributed by atoms with Gasteiger partial charge in [-0.1, -0.05) is 11.8 Å². The zero-order valence-corrected chi connectivity index (χ0v) is 10.8. The Balaban J connectivity index is 2.28. The molecule has 20 heavy (non-hydrogen) atoms. The average molecular weight is 285 g/mol. The summed E-state index contributed by atoms with van der Waals surface area (Å²) in [5, 5.41) is 20.0. The van der Waals surface area contributed by atoms with Crippen molar-refractivity contribution in [3.05, 3.63) is 57.8 Å². The summed E-state index contributed by atoms with van der Waals surface area (Å²) in [4.78, 5) is 25.5. The van der Waals surface area contributed by atoms with E-state index in [2.05, 4.69) is 4.98 Å². The number of carbonyl (C=O) groups is 1. The van der Waals surface area contributed by atoms with E-state index >= 15 is 0 Å². The summed E-state index contributed by atoms with van der Waals surface area (Å²) in [6.45, 7) is 0. The van der Waals surface area contributed by atoms with Crippen molar-refractivity contribution >= 4 is 23.7 Å². The topological polar surface area (TPSA) is 96.9 Å². The maximum atomic E-state index is 10.6. The van der Waals surface area contributed by atoms with Crippen LogP contribution in [-0.4, -0.2) is 16.2 Å². The van der Waals surface area contributed by atoms with E-state index < -0.39 is 4.92 Å². The third-order valence-corrected chi connectivity index (χ3v) is 3.42. The maximum Gasteiger partial charge on any atom is 0.269 e. The lowest BCUT2D eigenvalue weighted by Gasteiger charge is -2.03. The fourth-order valence-corrected chi connectivity index (χ4v) is 2.26. The summed E-state index contributed by atoms with van der Waals surface area (Å²) in [6, 6.07) is 9.35. The SMILES string of the molecule is N#Cc1cc(C=O)cnc1Sc1ccc([N+](=O)[O-])cc1. The first-order valence-electron chi connectivity index (χ1n) is 5.41. The van der Waals surface area contributed by atoms with E-state index in [4.69, 9.17) is 5.26 Å². The van der Waals surface area contributed by atoms with Gasteiger partial charge in [-0.05, 0) is 18.2 Å². The Morgan fingerprint density at radius 1 is 1.35 bits per heavy atom. The fourth-order valence-electron chi connectivity index (χ4n) is 1.44. The highest BCUT2D eigenvalue weighted by molar-refractivity contribution is 7.99. The molecule has 0 saturated heterocycles. The van der Waals surface area contributed by atoms with Gasteiger partial charge in [0.1, 0.15) is 11.1 Å². The van der Waals surface area contributed by atoms with Crippen LogP contribution in [0.3, 0.4) is 0 Å². The number of nitriles is 1. The largest absolute Gasteiger partial charge is 0.298 e. The first-order chi connectivity index (χ1) is 9.63. The molecule has 0 atom stereocenters. The highest BCUT2D eigenvalue weighted by Gasteiger charge is 2.09. The smallest absolute Gasteiger partial charge is 0.269 e. The Kier molecular flexibility index (Phi) is 4.08. The number of nitro benzene ring substituents is 1. The molecule has 0 saturated carbocycles. The standard InChI is InChI=1S/C13H7N3O3S/c14-6-10-5-9(8-17)7-15-13(10)20-12-3-1-11(2-4-12)16(18)19/h1-5,7-8H. The van der Waals surface area contributed by atoms with E-state index in [1.807, 2.05) is 6.07 Å². The minimum atomic E-state index is -0.480. The van der Waals surface area contributed by atoms with E-state index in [0.717, 1.165) is 4.90 Å². The third kappa shape index (κ3) is 2.99. The van der Waals surface area contributed by atoms with Gasteiger partial charge in [-0.2, -0.15) is 5.26 Å². The molecule has 0 aliphatic rings. The first kappa shape index (κ1) is 13.7. The molecular weight excluding hydrogens is 278 g/mol. The number of non-ortho nitro benzene ring substituents is 1. The van der Waals surface area contributed by atoms with Gasteiger partial charge >= 0.3 is 0 Å². The van der Waals surface area contributed by atoms with E-state index in [-0.39, 0.29) is 11.3 Å². The number of pyridine rings is 1. The Labute approximate surface area is 118 Å². The zero-order chi connectivity index (χ0) is 14.5. The highest BCUT2D eigenvalue weighted by atomic mass is 32.2. The Morgan fingerprint density at radius 3 is 2.60 bits per heavy atom. The summed E-state index contributed by atoms with van der Waals surface area (Å²) in [5.74, 6) is 0. The van der Waals surface area contributed by atoms with Crippen LogP contribution in [0.15, 0.2) is 46.5 Å². The molecule has 7 heteroatoms. The van der Waals surface area contributed by atoms with Crippen molar-refractivity contribution < 1.29 is 9.72 Å². The van der Waals surface area contributed by atoms with Crippen LogP contribution < -0.4 is 0 Å². The molecule has 0 amide bonds. The fraction of sp³-hybridized carbons (Fsp3) is 0. The monoisotopic (exact) mass is 285 g/mol. The number of carbonyl (C=O) groups excluding carboxylic acids is 1. The van der Waals surface area contributed by atoms with Crippen LogP contribution in [-0.2, 0) is 0 Å². The Bertz CT molecular complexity index is 708. The minimum Gasteiger partial charge on any atom is -0.298 e. The van der Waals surface area contributed by atoms with Crippen molar-refractivity contribution in [3.63, 3.8) is 0 Å². The second-order valence-corrected chi connectivity index (χ2v) is 4.77. The quantitative estimate of drug-likeness (QED) is 0.486. The Morgan fingerprint density at radius 2 is 2.05 bits per heavy atom. The number of benzene rings is 1.